The Balaban J connectivity index is 0.00000156. The summed E-state index contributed by atoms with van der Waals surface area (Å²) in [6, 6.07) is 10.6. The van der Waals surface area contributed by atoms with Crippen LogP contribution in [0, 0.1) is 5.92 Å². The number of nitrogens with zero attached hydrogens (tertiary/aromatic N) is 2. The number of carbonyl (C=O) groups is 1. The van der Waals surface area contributed by atoms with Crippen molar-refractivity contribution in [2.24, 2.45) is 11.7 Å². The highest BCUT2D eigenvalue weighted by Gasteiger charge is 2.32. The number of nitrogens with two attached hydrogens (primary N) is 1. The summed E-state index contributed by atoms with van der Waals surface area (Å²) in [5.41, 5.74) is 8.35. The minimum Gasteiger partial charge on any atom is -0.330 e. The first-order chi connectivity index (χ1) is 11.2. The molecule has 0 aliphatic carbocycles. The maximum atomic E-state index is 11.1. The van der Waals surface area contributed by atoms with Gasteiger partial charge in [-0.2, -0.15) is 0 Å². The molecule has 2 atom stereocenters. The monoisotopic (exact) mass is 402 g/mol. The fourth-order valence-electron chi connectivity index (χ4n) is 3.22. The van der Waals surface area contributed by atoms with Crippen molar-refractivity contribution >= 4 is 47.2 Å². The zero-order chi connectivity index (χ0) is 16.2. The van der Waals surface area contributed by atoms with E-state index in [0.29, 0.717) is 23.5 Å². The molecule has 1 aromatic heterocycles. The van der Waals surface area contributed by atoms with Gasteiger partial charge in [0.05, 0.1) is 5.69 Å². The van der Waals surface area contributed by atoms with Gasteiger partial charge in [-0.25, -0.2) is 4.98 Å². The second kappa shape index (κ2) is 10.1. The number of rotatable bonds is 5. The molecule has 0 spiro atoms. The van der Waals surface area contributed by atoms with Crippen LogP contribution < -0.4 is 11.1 Å². The summed E-state index contributed by atoms with van der Waals surface area (Å²) < 4.78 is 0. The highest BCUT2D eigenvalue weighted by Crippen LogP contribution is 2.33. The number of aromatic nitrogens is 1. The number of hydrogen-bond acceptors (Lipinski definition) is 5. The van der Waals surface area contributed by atoms with Gasteiger partial charge in [0.15, 0.2) is 5.13 Å². The van der Waals surface area contributed by atoms with Crippen molar-refractivity contribution in [3.8, 4) is 0 Å². The molecule has 3 N–H and O–H groups in total. The molecule has 25 heavy (non-hydrogen) atoms. The van der Waals surface area contributed by atoms with Crippen molar-refractivity contribution in [2.75, 3.05) is 25.0 Å². The number of benzene rings is 1. The van der Waals surface area contributed by atoms with Gasteiger partial charge >= 0.3 is 0 Å². The first kappa shape index (κ1) is 21.9. The summed E-state index contributed by atoms with van der Waals surface area (Å²) in [6.45, 7) is 4.99. The normalized spacial score (nSPS) is 19.8. The predicted molar refractivity (Wildman–Crippen MR) is 108 cm³/mol. The molecule has 2 heterocycles. The zero-order valence-corrected chi connectivity index (χ0v) is 16.5. The van der Waals surface area contributed by atoms with Crippen molar-refractivity contribution in [3.05, 3.63) is 47.0 Å². The zero-order valence-electron chi connectivity index (χ0n) is 14.1. The molecular weight excluding hydrogens is 379 g/mol. The number of halogens is 2. The van der Waals surface area contributed by atoms with Crippen molar-refractivity contribution in [1.82, 2.24) is 9.88 Å². The van der Waals surface area contributed by atoms with Crippen LogP contribution in [0.4, 0.5) is 5.13 Å². The number of thiazole rings is 1. The maximum absolute atomic E-state index is 11.1. The topological polar surface area (TPSA) is 71.2 Å². The van der Waals surface area contributed by atoms with Crippen molar-refractivity contribution in [2.45, 2.75) is 19.4 Å². The Labute approximate surface area is 164 Å². The highest BCUT2D eigenvalue weighted by atomic mass is 35.5. The van der Waals surface area contributed by atoms with Crippen LogP contribution in [0.3, 0.4) is 0 Å². The van der Waals surface area contributed by atoms with Gasteiger partial charge in [-0.05, 0) is 18.0 Å². The predicted octanol–water partition coefficient (Wildman–Crippen LogP) is 3.12. The molecule has 5 nitrogen and oxygen atoms in total. The standard InChI is InChI=1S/C17H22N4OS.2ClH/c1-12(22)19-17-20-15(11-23-17)9-21-8-14(7-18)16(10-21)13-5-3-2-4-6-13;;/h2-6,11,14,16H,7-10,18H2,1H3,(H,19,20,22);2*1H/t14-,16+;;/m1../s1. The summed E-state index contributed by atoms with van der Waals surface area (Å²) in [5.74, 6) is 0.875. The Bertz CT molecular complexity index is 668. The summed E-state index contributed by atoms with van der Waals surface area (Å²) in [6.07, 6.45) is 0. The third kappa shape index (κ3) is 5.66. The Morgan fingerprint density at radius 2 is 2.04 bits per heavy atom. The largest absolute Gasteiger partial charge is 0.330 e. The van der Waals surface area contributed by atoms with Crippen LogP contribution in [0.2, 0.25) is 0 Å². The Morgan fingerprint density at radius 3 is 2.68 bits per heavy atom. The van der Waals surface area contributed by atoms with Gasteiger partial charge in [-0.15, -0.1) is 36.2 Å². The summed E-state index contributed by atoms with van der Waals surface area (Å²) in [5, 5.41) is 5.42. The second-order valence-electron chi connectivity index (χ2n) is 6.03. The number of hydrogen-bond donors (Lipinski definition) is 2. The molecular formula is C17H24Cl2N4OS. The molecule has 3 rings (SSSR count). The molecule has 1 aliphatic rings. The van der Waals surface area contributed by atoms with Gasteiger partial charge in [0.1, 0.15) is 0 Å². The van der Waals surface area contributed by atoms with E-state index in [0.717, 1.165) is 25.3 Å². The molecule has 0 radical (unpaired) electrons. The summed E-state index contributed by atoms with van der Waals surface area (Å²) in [4.78, 5) is 18.0. The smallest absolute Gasteiger partial charge is 0.223 e. The van der Waals surface area contributed by atoms with E-state index in [1.165, 1.54) is 23.8 Å². The lowest BCUT2D eigenvalue weighted by Crippen LogP contribution is -2.23. The van der Waals surface area contributed by atoms with Crippen LogP contribution in [0.25, 0.3) is 0 Å². The lowest BCUT2D eigenvalue weighted by molar-refractivity contribution is -0.114. The highest BCUT2D eigenvalue weighted by molar-refractivity contribution is 7.13. The van der Waals surface area contributed by atoms with Crippen LogP contribution >= 0.6 is 36.2 Å². The van der Waals surface area contributed by atoms with E-state index >= 15 is 0 Å². The molecule has 2 aromatic rings. The van der Waals surface area contributed by atoms with Crippen LogP contribution in [0.1, 0.15) is 24.1 Å². The van der Waals surface area contributed by atoms with Gasteiger partial charge in [0, 0.05) is 37.9 Å². The first-order valence-electron chi connectivity index (χ1n) is 7.85. The summed E-state index contributed by atoms with van der Waals surface area (Å²) in [7, 11) is 0. The number of likely N-dealkylation sites (tertiary alicyclic amines) is 1. The average molecular weight is 403 g/mol. The Hall–Kier alpha value is -1.18. The van der Waals surface area contributed by atoms with Crippen molar-refractivity contribution in [1.29, 1.82) is 0 Å². The molecule has 1 aromatic carbocycles. The fourth-order valence-corrected chi connectivity index (χ4v) is 3.97. The molecule has 1 amide bonds. The van der Waals surface area contributed by atoms with E-state index in [-0.39, 0.29) is 30.7 Å². The molecule has 1 saturated heterocycles. The summed E-state index contributed by atoms with van der Waals surface area (Å²) >= 11 is 1.47. The van der Waals surface area contributed by atoms with Gasteiger partial charge in [-0.3, -0.25) is 9.69 Å². The fraction of sp³-hybridized carbons (Fsp3) is 0.412. The number of carbonyl (C=O) groups excluding carboxylic acids is 1. The molecule has 8 heteroatoms. The molecule has 1 aliphatic heterocycles. The lowest BCUT2D eigenvalue weighted by Gasteiger charge is -2.16. The van der Waals surface area contributed by atoms with Crippen LogP contribution in [-0.4, -0.2) is 35.4 Å². The number of amides is 1. The Kier molecular flexibility index (Phi) is 8.82. The van der Waals surface area contributed by atoms with E-state index in [1.807, 2.05) is 11.4 Å². The van der Waals surface area contributed by atoms with E-state index in [1.54, 1.807) is 0 Å². The van der Waals surface area contributed by atoms with E-state index in [2.05, 4.69) is 39.5 Å². The van der Waals surface area contributed by atoms with E-state index < -0.39 is 0 Å². The van der Waals surface area contributed by atoms with Gasteiger partial charge in [-0.1, -0.05) is 30.3 Å². The molecule has 138 valence electrons. The third-order valence-corrected chi connectivity index (χ3v) is 5.07. The van der Waals surface area contributed by atoms with Crippen LogP contribution in [0.5, 0.6) is 0 Å². The van der Waals surface area contributed by atoms with Crippen molar-refractivity contribution in [3.63, 3.8) is 0 Å². The molecule has 0 saturated carbocycles. The molecule has 1 fully saturated rings. The van der Waals surface area contributed by atoms with Gasteiger partial charge in [0.2, 0.25) is 5.91 Å². The van der Waals surface area contributed by atoms with Gasteiger partial charge in [0.25, 0.3) is 0 Å². The maximum Gasteiger partial charge on any atom is 0.223 e. The SMILES string of the molecule is CC(=O)Nc1nc(CN2C[C@@H](CN)[C@H](c3ccccc3)C2)cs1.Cl.Cl. The van der Waals surface area contributed by atoms with Crippen LogP contribution in [0.15, 0.2) is 35.7 Å². The molecule has 0 bridgehead atoms. The van der Waals surface area contributed by atoms with Crippen LogP contribution in [-0.2, 0) is 11.3 Å². The Morgan fingerprint density at radius 1 is 1.32 bits per heavy atom. The van der Waals surface area contributed by atoms with Crippen molar-refractivity contribution < 1.29 is 4.79 Å². The number of nitrogens with one attached hydrogen (secondary N) is 1. The minimum atomic E-state index is -0.0839. The minimum absolute atomic E-state index is 0. The average Bonchev–Trinajstić information content (AvgIpc) is 3.14. The van der Waals surface area contributed by atoms with E-state index in [4.69, 9.17) is 5.73 Å². The third-order valence-electron chi connectivity index (χ3n) is 4.27. The lowest BCUT2D eigenvalue weighted by atomic mass is 9.89. The second-order valence-corrected chi connectivity index (χ2v) is 6.89. The molecule has 0 unspecified atom stereocenters. The quantitative estimate of drug-likeness (QED) is 0.805. The van der Waals surface area contributed by atoms with Gasteiger partial charge < -0.3 is 11.1 Å². The first-order valence-corrected chi connectivity index (χ1v) is 8.73. The van der Waals surface area contributed by atoms with E-state index in [9.17, 15) is 4.79 Å². The number of anilines is 1.